The second kappa shape index (κ2) is 8.54. The Hall–Kier alpha value is -2.08. The number of aromatic nitrogens is 1. The molecule has 0 saturated carbocycles. The van der Waals surface area contributed by atoms with Crippen molar-refractivity contribution in [3.63, 3.8) is 0 Å². The van der Waals surface area contributed by atoms with E-state index in [1.807, 2.05) is 5.32 Å². The van der Waals surface area contributed by atoms with E-state index in [1.54, 1.807) is 12.2 Å². The summed E-state index contributed by atoms with van der Waals surface area (Å²) in [4.78, 5) is 27.1. The van der Waals surface area contributed by atoms with E-state index in [2.05, 4.69) is 4.98 Å². The van der Waals surface area contributed by atoms with E-state index in [0.29, 0.717) is 29.4 Å². The van der Waals surface area contributed by atoms with Crippen molar-refractivity contribution in [3.8, 4) is 0 Å². The molecule has 146 valence electrons. The van der Waals surface area contributed by atoms with Crippen LogP contribution in [0.15, 0.2) is 12.3 Å². The topological polar surface area (TPSA) is 108 Å². The van der Waals surface area contributed by atoms with Crippen molar-refractivity contribution >= 4 is 39.5 Å². The summed E-state index contributed by atoms with van der Waals surface area (Å²) in [6, 6.07) is -1.86. The van der Waals surface area contributed by atoms with Crippen LogP contribution in [-0.2, 0) is 16.2 Å². The average molecular weight is 417 g/mol. The molecule has 0 radical (unpaired) electrons. The molecule has 0 fully saturated rings. The van der Waals surface area contributed by atoms with E-state index in [9.17, 15) is 31.2 Å². The lowest BCUT2D eigenvalue weighted by Gasteiger charge is -2.20. The summed E-state index contributed by atoms with van der Waals surface area (Å²) in [6.07, 6.45) is -2.42. The van der Waals surface area contributed by atoms with Crippen molar-refractivity contribution in [2.75, 3.05) is 18.1 Å². The number of sulfonamides is 1. The highest BCUT2D eigenvalue weighted by atomic mass is 35.5. The van der Waals surface area contributed by atoms with Crippen LogP contribution >= 0.6 is 11.6 Å². The minimum Gasteiger partial charge on any atom is -0.291 e. The molecule has 8 nitrogen and oxygen atoms in total. The standard InChI is InChI=1S/C13H16ClF3N4O4S/c1-3-4-5-21(26(2,24)25)12(23)20-11(22)19-10-9(14)6-8(7-18-10)13(15,16)17/h6-7H,3-5H2,1-2H3,(H2,18,19,20,22,23). The molecule has 1 aromatic rings. The Morgan fingerprint density at radius 1 is 1.35 bits per heavy atom. The monoisotopic (exact) mass is 416 g/mol. The van der Waals surface area contributed by atoms with Crippen LogP contribution < -0.4 is 10.6 Å². The van der Waals surface area contributed by atoms with Crippen LogP contribution in [0.2, 0.25) is 5.02 Å². The summed E-state index contributed by atoms with van der Waals surface area (Å²) >= 11 is 5.62. The predicted molar refractivity (Wildman–Crippen MR) is 88.3 cm³/mol. The van der Waals surface area contributed by atoms with E-state index < -0.39 is 44.7 Å². The normalized spacial score (nSPS) is 11.8. The number of amides is 4. The highest BCUT2D eigenvalue weighted by molar-refractivity contribution is 7.88. The van der Waals surface area contributed by atoms with Crippen molar-refractivity contribution in [1.82, 2.24) is 14.6 Å². The number of hydrogen-bond donors (Lipinski definition) is 2. The number of carbonyl (C=O) groups is 2. The molecular weight excluding hydrogens is 401 g/mol. The molecule has 0 aliphatic carbocycles. The summed E-state index contributed by atoms with van der Waals surface area (Å²) < 4.78 is 61.3. The molecule has 0 aromatic carbocycles. The molecule has 1 rings (SSSR count). The fourth-order valence-corrected chi connectivity index (χ4v) is 2.72. The van der Waals surface area contributed by atoms with Gasteiger partial charge >= 0.3 is 18.2 Å². The third kappa shape index (κ3) is 6.33. The van der Waals surface area contributed by atoms with Gasteiger partial charge in [0, 0.05) is 12.7 Å². The summed E-state index contributed by atoms with van der Waals surface area (Å²) in [5.41, 5.74) is -1.12. The zero-order valence-electron chi connectivity index (χ0n) is 13.7. The van der Waals surface area contributed by atoms with Gasteiger partial charge in [-0.25, -0.2) is 27.3 Å². The zero-order chi connectivity index (χ0) is 20.1. The molecule has 4 amide bonds. The number of urea groups is 2. The molecule has 0 aliphatic heterocycles. The predicted octanol–water partition coefficient (Wildman–Crippen LogP) is 3.06. The van der Waals surface area contributed by atoms with Crippen LogP contribution in [0.4, 0.5) is 28.6 Å². The first-order chi connectivity index (χ1) is 11.9. The number of carbonyl (C=O) groups excluding carboxylic acids is 2. The zero-order valence-corrected chi connectivity index (χ0v) is 15.3. The molecule has 0 aliphatic rings. The fraction of sp³-hybridized carbons (Fsp3) is 0.462. The van der Waals surface area contributed by atoms with Crippen LogP contribution in [0.1, 0.15) is 25.3 Å². The molecule has 0 bridgehead atoms. The van der Waals surface area contributed by atoms with Crippen LogP contribution in [0, 0.1) is 0 Å². The SMILES string of the molecule is CCCCN(C(=O)NC(=O)Nc1ncc(C(F)(F)F)cc1Cl)S(C)(=O)=O. The Kier molecular flexibility index (Phi) is 7.21. The number of halogens is 4. The number of alkyl halides is 3. The van der Waals surface area contributed by atoms with Gasteiger partial charge in [0.1, 0.15) is 0 Å². The Labute approximate surface area is 152 Å². The fourth-order valence-electron chi connectivity index (χ4n) is 1.70. The van der Waals surface area contributed by atoms with E-state index in [0.717, 1.165) is 6.26 Å². The van der Waals surface area contributed by atoms with Crippen molar-refractivity contribution < 1.29 is 31.2 Å². The molecule has 1 heterocycles. The van der Waals surface area contributed by atoms with Gasteiger partial charge in [-0.2, -0.15) is 13.2 Å². The number of imide groups is 1. The number of anilines is 1. The lowest BCUT2D eigenvalue weighted by atomic mass is 10.3. The van der Waals surface area contributed by atoms with E-state index in [1.165, 1.54) is 0 Å². The maximum Gasteiger partial charge on any atom is 0.417 e. The molecule has 0 atom stereocenters. The molecule has 0 saturated heterocycles. The molecule has 2 N–H and O–H groups in total. The lowest BCUT2D eigenvalue weighted by molar-refractivity contribution is -0.137. The first kappa shape index (κ1) is 22.0. The van der Waals surface area contributed by atoms with Crippen LogP contribution in [0.3, 0.4) is 0 Å². The van der Waals surface area contributed by atoms with Crippen molar-refractivity contribution in [3.05, 3.63) is 22.8 Å². The Bertz CT molecular complexity index is 786. The minimum atomic E-state index is -4.66. The van der Waals surface area contributed by atoms with Crippen molar-refractivity contribution in [2.45, 2.75) is 25.9 Å². The first-order valence-corrected chi connectivity index (χ1v) is 9.41. The Balaban J connectivity index is 2.84. The van der Waals surface area contributed by atoms with Crippen LogP contribution in [-0.4, -0.2) is 42.6 Å². The second-order valence-electron chi connectivity index (χ2n) is 5.13. The summed E-state index contributed by atoms with van der Waals surface area (Å²) in [7, 11) is -3.91. The molecule has 1 aromatic heterocycles. The minimum absolute atomic E-state index is 0.131. The van der Waals surface area contributed by atoms with Gasteiger partial charge in [-0.1, -0.05) is 24.9 Å². The van der Waals surface area contributed by atoms with Gasteiger partial charge in [-0.05, 0) is 12.5 Å². The van der Waals surface area contributed by atoms with Gasteiger partial charge < -0.3 is 0 Å². The molecule has 26 heavy (non-hydrogen) atoms. The lowest BCUT2D eigenvalue weighted by Crippen LogP contribution is -2.47. The molecule has 0 unspecified atom stereocenters. The van der Waals surface area contributed by atoms with Crippen LogP contribution in [0.25, 0.3) is 0 Å². The number of nitrogens with zero attached hydrogens (tertiary/aromatic N) is 2. The first-order valence-electron chi connectivity index (χ1n) is 7.18. The number of rotatable bonds is 5. The maximum absolute atomic E-state index is 12.5. The highest BCUT2D eigenvalue weighted by Crippen LogP contribution is 2.32. The van der Waals surface area contributed by atoms with Gasteiger partial charge in [0.25, 0.3) is 0 Å². The summed E-state index contributed by atoms with van der Waals surface area (Å²) in [5.74, 6) is -0.426. The Morgan fingerprint density at radius 2 is 1.96 bits per heavy atom. The van der Waals surface area contributed by atoms with Crippen molar-refractivity contribution in [1.29, 1.82) is 0 Å². The van der Waals surface area contributed by atoms with Gasteiger partial charge in [-0.3, -0.25) is 10.6 Å². The largest absolute Gasteiger partial charge is 0.417 e. The number of unbranched alkanes of at least 4 members (excludes halogenated alkanes) is 1. The quantitative estimate of drug-likeness (QED) is 0.766. The van der Waals surface area contributed by atoms with E-state index in [4.69, 9.17) is 11.6 Å². The van der Waals surface area contributed by atoms with Crippen LogP contribution in [0.5, 0.6) is 0 Å². The summed E-state index contributed by atoms with van der Waals surface area (Å²) in [6.45, 7) is 1.65. The van der Waals surface area contributed by atoms with Gasteiger partial charge in [0.15, 0.2) is 5.82 Å². The summed E-state index contributed by atoms with van der Waals surface area (Å²) in [5, 5.41) is 3.23. The van der Waals surface area contributed by atoms with Gasteiger partial charge in [0.05, 0.1) is 16.8 Å². The second-order valence-corrected chi connectivity index (χ2v) is 7.44. The van der Waals surface area contributed by atoms with Gasteiger partial charge in [-0.15, -0.1) is 0 Å². The Morgan fingerprint density at radius 3 is 2.42 bits per heavy atom. The third-order valence-electron chi connectivity index (χ3n) is 2.96. The van der Waals surface area contributed by atoms with Crippen molar-refractivity contribution in [2.24, 2.45) is 0 Å². The smallest absolute Gasteiger partial charge is 0.291 e. The number of hydrogen-bond acceptors (Lipinski definition) is 5. The highest BCUT2D eigenvalue weighted by Gasteiger charge is 2.32. The molecular formula is C13H16ClF3N4O4S. The van der Waals surface area contributed by atoms with E-state index in [-0.39, 0.29) is 6.54 Å². The number of pyridine rings is 1. The third-order valence-corrected chi connectivity index (χ3v) is 4.40. The maximum atomic E-state index is 12.5. The van der Waals surface area contributed by atoms with E-state index >= 15 is 0 Å². The molecule has 0 spiro atoms. The number of nitrogens with one attached hydrogen (secondary N) is 2. The molecule has 13 heteroatoms. The van der Waals surface area contributed by atoms with Gasteiger partial charge in [0.2, 0.25) is 10.0 Å². The average Bonchev–Trinajstić information content (AvgIpc) is 2.47.